The van der Waals surface area contributed by atoms with Crippen molar-refractivity contribution in [1.29, 1.82) is 0 Å². The molecule has 112 valence electrons. The van der Waals surface area contributed by atoms with Crippen molar-refractivity contribution in [3.8, 4) is 0 Å². The largest absolute Gasteiger partial charge is 0.384 e. The molecule has 0 saturated heterocycles. The fourth-order valence-corrected chi connectivity index (χ4v) is 2.62. The Kier molecular flexibility index (Phi) is 5.68. The quantitative estimate of drug-likeness (QED) is 0.804. The number of benzene rings is 2. The Morgan fingerprint density at radius 1 is 0.952 bits per heavy atom. The first-order valence-corrected chi connectivity index (χ1v) is 7.88. The molecule has 0 aliphatic rings. The van der Waals surface area contributed by atoms with Crippen LogP contribution in [0.5, 0.6) is 0 Å². The lowest BCUT2D eigenvalue weighted by molar-refractivity contribution is 0.865. The summed E-state index contributed by atoms with van der Waals surface area (Å²) in [5.41, 5.74) is 5.24. The first-order valence-electron chi connectivity index (χ1n) is 7.88. The Morgan fingerprint density at radius 3 is 2.29 bits per heavy atom. The average Bonchev–Trinajstić information content (AvgIpc) is 2.51. The summed E-state index contributed by atoms with van der Waals surface area (Å²) in [5, 5.41) is 3.55. The summed E-state index contributed by atoms with van der Waals surface area (Å²) < 4.78 is 0. The minimum atomic E-state index is 0.968. The van der Waals surface area contributed by atoms with Gasteiger partial charge < -0.3 is 10.2 Å². The maximum absolute atomic E-state index is 3.55. The van der Waals surface area contributed by atoms with Crippen LogP contribution in [0.3, 0.4) is 0 Å². The molecule has 0 unspecified atom stereocenters. The lowest BCUT2D eigenvalue weighted by atomic mass is 10.1. The highest BCUT2D eigenvalue weighted by Gasteiger charge is 2.04. The second-order valence-electron chi connectivity index (χ2n) is 5.33. The summed E-state index contributed by atoms with van der Waals surface area (Å²) in [4.78, 5) is 2.38. The molecule has 1 N–H and O–H groups in total. The van der Waals surface area contributed by atoms with Gasteiger partial charge in [-0.15, -0.1) is 0 Å². The van der Waals surface area contributed by atoms with Crippen LogP contribution >= 0.6 is 0 Å². The molecule has 2 heteroatoms. The topological polar surface area (TPSA) is 15.3 Å². The van der Waals surface area contributed by atoms with E-state index in [1.807, 2.05) is 0 Å². The van der Waals surface area contributed by atoms with Crippen LogP contribution in [0.2, 0.25) is 0 Å². The number of anilines is 2. The zero-order chi connectivity index (χ0) is 15.1. The van der Waals surface area contributed by atoms with Crippen molar-refractivity contribution < 1.29 is 0 Å². The van der Waals surface area contributed by atoms with Crippen LogP contribution in [0.4, 0.5) is 11.4 Å². The minimum absolute atomic E-state index is 0.968. The van der Waals surface area contributed by atoms with Crippen molar-refractivity contribution in [3.63, 3.8) is 0 Å². The molecule has 0 fully saturated rings. The normalized spacial score (nSPS) is 10.4. The molecule has 0 aliphatic carbocycles. The van der Waals surface area contributed by atoms with Crippen LogP contribution in [0, 0.1) is 6.92 Å². The first-order chi connectivity index (χ1) is 10.2. The average molecular weight is 282 g/mol. The molecule has 2 aromatic carbocycles. The standard InChI is InChI=1S/C19H26N2/c1-4-21(5-2)18-11-12-19(16(3)15-18)20-14-13-17-9-7-6-8-10-17/h6-12,15,20H,4-5,13-14H2,1-3H3. The van der Waals surface area contributed by atoms with E-state index in [1.54, 1.807) is 0 Å². The molecule has 2 rings (SSSR count). The second-order valence-corrected chi connectivity index (χ2v) is 5.33. The van der Waals surface area contributed by atoms with Gasteiger partial charge in [-0.25, -0.2) is 0 Å². The highest BCUT2D eigenvalue weighted by molar-refractivity contribution is 5.60. The van der Waals surface area contributed by atoms with Gasteiger partial charge in [0.25, 0.3) is 0 Å². The van der Waals surface area contributed by atoms with Gasteiger partial charge in [0.1, 0.15) is 0 Å². The zero-order valence-corrected chi connectivity index (χ0v) is 13.4. The van der Waals surface area contributed by atoms with E-state index in [2.05, 4.69) is 79.5 Å². The van der Waals surface area contributed by atoms with Gasteiger partial charge in [0.05, 0.1) is 0 Å². The summed E-state index contributed by atoms with van der Waals surface area (Å²) >= 11 is 0. The Balaban J connectivity index is 1.95. The van der Waals surface area contributed by atoms with Crippen molar-refractivity contribution in [2.24, 2.45) is 0 Å². The number of hydrogen-bond acceptors (Lipinski definition) is 2. The molecule has 0 saturated carbocycles. The van der Waals surface area contributed by atoms with E-state index in [1.165, 1.54) is 22.5 Å². The summed E-state index contributed by atoms with van der Waals surface area (Å²) in [6.45, 7) is 9.65. The minimum Gasteiger partial charge on any atom is -0.384 e. The van der Waals surface area contributed by atoms with Crippen LogP contribution in [0.15, 0.2) is 48.5 Å². The summed E-state index contributed by atoms with van der Waals surface area (Å²) in [5.74, 6) is 0. The van der Waals surface area contributed by atoms with Crippen molar-refractivity contribution in [2.45, 2.75) is 27.2 Å². The van der Waals surface area contributed by atoms with Gasteiger partial charge >= 0.3 is 0 Å². The zero-order valence-electron chi connectivity index (χ0n) is 13.4. The number of nitrogens with one attached hydrogen (secondary N) is 1. The van der Waals surface area contributed by atoms with Gasteiger partial charge in [0.15, 0.2) is 0 Å². The van der Waals surface area contributed by atoms with E-state index in [9.17, 15) is 0 Å². The third-order valence-corrected chi connectivity index (χ3v) is 3.91. The highest BCUT2D eigenvalue weighted by Crippen LogP contribution is 2.22. The van der Waals surface area contributed by atoms with E-state index in [4.69, 9.17) is 0 Å². The second kappa shape index (κ2) is 7.72. The van der Waals surface area contributed by atoms with Gasteiger partial charge in [-0.2, -0.15) is 0 Å². The van der Waals surface area contributed by atoms with Gasteiger partial charge in [0, 0.05) is 31.0 Å². The van der Waals surface area contributed by atoms with Gasteiger partial charge in [0.2, 0.25) is 0 Å². The van der Waals surface area contributed by atoms with E-state index < -0.39 is 0 Å². The van der Waals surface area contributed by atoms with Crippen molar-refractivity contribution >= 4 is 11.4 Å². The third kappa shape index (κ3) is 4.25. The van der Waals surface area contributed by atoms with Crippen LogP contribution in [-0.4, -0.2) is 19.6 Å². The first kappa shape index (κ1) is 15.4. The van der Waals surface area contributed by atoms with Crippen LogP contribution in [0.25, 0.3) is 0 Å². The van der Waals surface area contributed by atoms with Crippen molar-refractivity contribution in [2.75, 3.05) is 29.9 Å². The maximum atomic E-state index is 3.55. The van der Waals surface area contributed by atoms with Crippen LogP contribution in [0.1, 0.15) is 25.0 Å². The molecule has 2 aromatic rings. The van der Waals surface area contributed by atoms with Crippen LogP contribution < -0.4 is 10.2 Å². The Bertz CT molecular complexity index is 545. The predicted octanol–water partition coefficient (Wildman–Crippen LogP) is 4.50. The molecule has 0 aliphatic heterocycles. The molecule has 0 aromatic heterocycles. The lowest BCUT2D eigenvalue weighted by Gasteiger charge is -2.22. The molecule has 0 radical (unpaired) electrons. The molecular formula is C19H26N2. The molecule has 0 heterocycles. The number of aryl methyl sites for hydroxylation is 1. The molecular weight excluding hydrogens is 256 g/mol. The van der Waals surface area contributed by atoms with Crippen molar-refractivity contribution in [1.82, 2.24) is 0 Å². The summed E-state index contributed by atoms with van der Waals surface area (Å²) in [7, 11) is 0. The van der Waals surface area contributed by atoms with Crippen molar-refractivity contribution in [3.05, 3.63) is 59.7 Å². The summed E-state index contributed by atoms with van der Waals surface area (Å²) in [6.07, 6.45) is 1.05. The number of rotatable bonds is 7. The van der Waals surface area contributed by atoms with Gasteiger partial charge in [-0.1, -0.05) is 30.3 Å². The molecule has 0 bridgehead atoms. The lowest BCUT2D eigenvalue weighted by Crippen LogP contribution is -2.21. The SMILES string of the molecule is CCN(CC)c1ccc(NCCc2ccccc2)c(C)c1. The molecule has 0 spiro atoms. The fraction of sp³-hybridized carbons (Fsp3) is 0.368. The Hall–Kier alpha value is -1.96. The fourth-order valence-electron chi connectivity index (χ4n) is 2.62. The Labute approximate surface area is 128 Å². The van der Waals surface area contributed by atoms with E-state index in [0.717, 1.165) is 26.1 Å². The molecule has 21 heavy (non-hydrogen) atoms. The summed E-state index contributed by atoms with van der Waals surface area (Å²) in [6, 6.07) is 17.3. The van der Waals surface area contributed by atoms with Crippen LogP contribution in [-0.2, 0) is 6.42 Å². The van der Waals surface area contributed by atoms with Gasteiger partial charge in [-0.3, -0.25) is 0 Å². The number of hydrogen-bond donors (Lipinski definition) is 1. The monoisotopic (exact) mass is 282 g/mol. The third-order valence-electron chi connectivity index (χ3n) is 3.91. The molecule has 0 atom stereocenters. The van der Waals surface area contributed by atoms with Gasteiger partial charge in [-0.05, 0) is 56.5 Å². The smallest absolute Gasteiger partial charge is 0.0371 e. The van der Waals surface area contributed by atoms with E-state index in [0.29, 0.717) is 0 Å². The van der Waals surface area contributed by atoms with E-state index in [-0.39, 0.29) is 0 Å². The predicted molar refractivity (Wildman–Crippen MR) is 93.4 cm³/mol. The molecule has 0 amide bonds. The highest BCUT2D eigenvalue weighted by atomic mass is 15.1. The Morgan fingerprint density at radius 2 is 1.67 bits per heavy atom. The molecule has 2 nitrogen and oxygen atoms in total. The maximum Gasteiger partial charge on any atom is 0.0371 e. The number of nitrogens with zero attached hydrogens (tertiary/aromatic N) is 1. The van der Waals surface area contributed by atoms with E-state index >= 15 is 0 Å².